The second-order valence-corrected chi connectivity index (χ2v) is 5.85. The fourth-order valence-electron chi connectivity index (χ4n) is 1.76. The lowest BCUT2D eigenvalue weighted by molar-refractivity contribution is 0.915. The number of fused-ring (bicyclic) bond motifs is 1. The maximum atomic E-state index is 11.5. The molecule has 0 bridgehead atoms. The van der Waals surface area contributed by atoms with E-state index in [1.165, 1.54) is 11.8 Å². The van der Waals surface area contributed by atoms with E-state index in [-0.39, 0.29) is 11.2 Å². The molecule has 0 spiro atoms. The quantitative estimate of drug-likeness (QED) is 0.751. The molecule has 2 heterocycles. The van der Waals surface area contributed by atoms with E-state index in [9.17, 15) is 4.79 Å². The summed E-state index contributed by atoms with van der Waals surface area (Å²) < 4.78 is 1.65. The van der Waals surface area contributed by atoms with Gasteiger partial charge in [-0.2, -0.15) is 0 Å². The summed E-state index contributed by atoms with van der Waals surface area (Å²) in [4.78, 5) is 14.1. The Morgan fingerprint density at radius 1 is 1.20 bits per heavy atom. The summed E-state index contributed by atoms with van der Waals surface area (Å²) in [7, 11) is 0. The van der Waals surface area contributed by atoms with Crippen LogP contribution in [0.25, 0.3) is 5.65 Å². The number of hydrogen-bond acceptors (Lipinski definition) is 4. The third kappa shape index (κ3) is 2.67. The molecule has 0 atom stereocenters. The number of nitrogens with one attached hydrogen (secondary N) is 1. The van der Waals surface area contributed by atoms with E-state index < -0.39 is 0 Å². The van der Waals surface area contributed by atoms with Crippen LogP contribution in [-0.4, -0.2) is 19.6 Å². The molecule has 2 aromatic heterocycles. The van der Waals surface area contributed by atoms with E-state index >= 15 is 0 Å². The van der Waals surface area contributed by atoms with E-state index in [4.69, 9.17) is 23.2 Å². The van der Waals surface area contributed by atoms with Crippen molar-refractivity contribution >= 4 is 40.6 Å². The second-order valence-electron chi connectivity index (χ2n) is 4.03. The smallest absolute Gasteiger partial charge is 0.293 e. The van der Waals surface area contributed by atoms with Crippen LogP contribution in [0.3, 0.4) is 0 Å². The number of aromatic amines is 1. The fraction of sp³-hybridized carbons (Fsp3) is 0.0833. The van der Waals surface area contributed by atoms with Gasteiger partial charge in [0, 0.05) is 28.2 Å². The van der Waals surface area contributed by atoms with Gasteiger partial charge in [-0.05, 0) is 23.8 Å². The normalized spacial score (nSPS) is 11.1. The van der Waals surface area contributed by atoms with Crippen molar-refractivity contribution < 1.29 is 0 Å². The average Bonchev–Trinajstić information content (AvgIpc) is 2.80. The van der Waals surface area contributed by atoms with Gasteiger partial charge in [0.15, 0.2) is 5.16 Å². The summed E-state index contributed by atoms with van der Waals surface area (Å²) in [6.45, 7) is 0. The van der Waals surface area contributed by atoms with Gasteiger partial charge in [-0.15, -0.1) is 10.2 Å². The van der Waals surface area contributed by atoms with Gasteiger partial charge in [0.1, 0.15) is 0 Å². The van der Waals surface area contributed by atoms with Crippen LogP contribution >= 0.6 is 35.0 Å². The number of rotatable bonds is 3. The van der Waals surface area contributed by atoms with Gasteiger partial charge in [0.2, 0.25) is 5.65 Å². The van der Waals surface area contributed by atoms with E-state index in [0.29, 0.717) is 21.0 Å². The predicted octanol–water partition coefficient (Wildman–Crippen LogP) is 3.02. The maximum Gasteiger partial charge on any atom is 0.293 e. The van der Waals surface area contributed by atoms with Crippen molar-refractivity contribution in [2.75, 3.05) is 0 Å². The zero-order chi connectivity index (χ0) is 14.1. The van der Waals surface area contributed by atoms with Crippen LogP contribution in [0.15, 0.2) is 40.5 Å². The maximum absolute atomic E-state index is 11.5. The highest BCUT2D eigenvalue weighted by molar-refractivity contribution is 7.98. The van der Waals surface area contributed by atoms with Crippen molar-refractivity contribution in [2.45, 2.75) is 10.9 Å². The molecule has 0 saturated carbocycles. The van der Waals surface area contributed by atoms with Crippen molar-refractivity contribution in [1.29, 1.82) is 0 Å². The molecule has 3 rings (SSSR count). The summed E-state index contributed by atoms with van der Waals surface area (Å²) in [6.07, 6.45) is 3.27. The largest absolute Gasteiger partial charge is 0.324 e. The molecule has 0 radical (unpaired) electrons. The first kappa shape index (κ1) is 13.5. The van der Waals surface area contributed by atoms with Gasteiger partial charge >= 0.3 is 0 Å². The second kappa shape index (κ2) is 5.47. The molecule has 0 aliphatic rings. The molecule has 0 fully saturated rings. The molecule has 0 amide bonds. The average molecular weight is 327 g/mol. The number of benzene rings is 1. The molecule has 5 nitrogen and oxygen atoms in total. The number of aromatic nitrogens is 4. The molecule has 102 valence electrons. The summed E-state index contributed by atoms with van der Waals surface area (Å²) in [6, 6.07) is 5.37. The SMILES string of the molecule is O=c1[nH]ccn2c(SCc3cc(Cl)cc(Cl)c3)nnc12. The van der Waals surface area contributed by atoms with Crippen LogP contribution in [-0.2, 0) is 5.75 Å². The van der Waals surface area contributed by atoms with Crippen LogP contribution in [0.2, 0.25) is 10.0 Å². The fourth-order valence-corrected chi connectivity index (χ4v) is 3.18. The lowest BCUT2D eigenvalue weighted by atomic mass is 10.2. The van der Waals surface area contributed by atoms with Crippen molar-refractivity contribution in [1.82, 2.24) is 19.6 Å². The Hall–Kier alpha value is -1.50. The van der Waals surface area contributed by atoms with Crippen molar-refractivity contribution in [3.8, 4) is 0 Å². The number of nitrogens with zero attached hydrogens (tertiary/aromatic N) is 3. The Kier molecular flexibility index (Phi) is 3.69. The summed E-state index contributed by atoms with van der Waals surface area (Å²) in [5.41, 5.74) is 0.992. The molecule has 0 saturated heterocycles. The first-order valence-electron chi connectivity index (χ1n) is 5.64. The highest BCUT2D eigenvalue weighted by Crippen LogP contribution is 2.25. The predicted molar refractivity (Wildman–Crippen MR) is 79.6 cm³/mol. The van der Waals surface area contributed by atoms with Gasteiger partial charge in [-0.1, -0.05) is 35.0 Å². The third-order valence-corrected chi connectivity index (χ3v) is 4.05. The first-order chi connectivity index (χ1) is 9.63. The highest BCUT2D eigenvalue weighted by atomic mass is 35.5. The molecule has 0 aliphatic heterocycles. The lowest BCUT2D eigenvalue weighted by Gasteiger charge is -2.02. The molecule has 0 unspecified atom stereocenters. The summed E-state index contributed by atoms with van der Waals surface area (Å²) >= 11 is 13.4. The van der Waals surface area contributed by atoms with Crippen LogP contribution in [0.4, 0.5) is 0 Å². The topological polar surface area (TPSA) is 63.0 Å². The minimum Gasteiger partial charge on any atom is -0.324 e. The molecular formula is C12H8Cl2N4OS. The molecule has 20 heavy (non-hydrogen) atoms. The van der Waals surface area contributed by atoms with Crippen LogP contribution in [0.1, 0.15) is 5.56 Å². The number of H-pyrrole nitrogens is 1. The van der Waals surface area contributed by atoms with Crippen molar-refractivity contribution in [3.05, 3.63) is 56.6 Å². The molecule has 1 N–H and O–H groups in total. The number of halogens is 2. The Balaban J connectivity index is 1.87. The molecular weight excluding hydrogens is 319 g/mol. The Labute approximate surface area is 127 Å². The third-order valence-electron chi connectivity index (χ3n) is 2.60. The zero-order valence-corrected chi connectivity index (χ0v) is 12.3. The van der Waals surface area contributed by atoms with Gasteiger partial charge in [-0.25, -0.2) is 0 Å². The van der Waals surface area contributed by atoms with Gasteiger partial charge in [0.05, 0.1) is 0 Å². The van der Waals surface area contributed by atoms with Gasteiger partial charge in [-0.3, -0.25) is 9.20 Å². The van der Waals surface area contributed by atoms with Crippen molar-refractivity contribution in [2.24, 2.45) is 0 Å². The molecule has 8 heteroatoms. The molecule has 3 aromatic rings. The number of thioether (sulfide) groups is 1. The first-order valence-corrected chi connectivity index (χ1v) is 7.38. The Morgan fingerprint density at radius 2 is 1.95 bits per heavy atom. The van der Waals surface area contributed by atoms with Crippen molar-refractivity contribution in [3.63, 3.8) is 0 Å². The van der Waals surface area contributed by atoms with Crippen LogP contribution in [0, 0.1) is 0 Å². The van der Waals surface area contributed by atoms with E-state index in [1.54, 1.807) is 22.9 Å². The summed E-state index contributed by atoms with van der Waals surface area (Å²) in [5.74, 6) is 0.633. The van der Waals surface area contributed by atoms with E-state index in [2.05, 4.69) is 15.2 Å². The monoisotopic (exact) mass is 326 g/mol. The van der Waals surface area contributed by atoms with Crippen LogP contribution in [0.5, 0.6) is 0 Å². The lowest BCUT2D eigenvalue weighted by Crippen LogP contribution is -2.08. The van der Waals surface area contributed by atoms with Gasteiger partial charge in [0.25, 0.3) is 5.56 Å². The minimum absolute atomic E-state index is 0.266. The summed E-state index contributed by atoms with van der Waals surface area (Å²) in [5, 5.41) is 9.70. The standard InChI is InChI=1S/C12H8Cl2N4OS/c13-8-3-7(4-9(14)5-8)6-20-12-17-16-10-11(19)15-1-2-18(10)12/h1-5H,6H2,(H,15,19). The van der Waals surface area contributed by atoms with E-state index in [0.717, 1.165) is 5.56 Å². The van der Waals surface area contributed by atoms with E-state index in [1.807, 2.05) is 12.1 Å². The Morgan fingerprint density at radius 3 is 2.70 bits per heavy atom. The van der Waals surface area contributed by atoms with Gasteiger partial charge < -0.3 is 4.98 Å². The Bertz CT molecular complexity index is 809. The molecule has 0 aliphatic carbocycles. The highest BCUT2D eigenvalue weighted by Gasteiger charge is 2.09. The zero-order valence-electron chi connectivity index (χ0n) is 10.0. The minimum atomic E-state index is -0.266. The number of hydrogen-bond donors (Lipinski definition) is 1. The van der Waals surface area contributed by atoms with Crippen LogP contribution < -0.4 is 5.56 Å². The molecule has 1 aromatic carbocycles.